The molecule has 0 saturated heterocycles. The average Bonchev–Trinajstić information content (AvgIpc) is 2.34. The number of hydrogen-bond acceptors (Lipinski definition) is 3. The van der Waals surface area contributed by atoms with Crippen molar-refractivity contribution in [2.24, 2.45) is 0 Å². The highest BCUT2D eigenvalue weighted by atomic mass is 35.5. The van der Waals surface area contributed by atoms with Gasteiger partial charge in [0.2, 0.25) is 0 Å². The molecule has 0 amide bonds. The van der Waals surface area contributed by atoms with Gasteiger partial charge in [0.25, 0.3) is 0 Å². The highest BCUT2D eigenvalue weighted by Gasteiger charge is 2.11. The number of hydrogen-bond donors (Lipinski definition) is 1. The molecule has 1 aromatic heterocycles. The molecule has 0 bridgehead atoms. The van der Waals surface area contributed by atoms with Gasteiger partial charge < -0.3 is 5.11 Å². The summed E-state index contributed by atoms with van der Waals surface area (Å²) in [7, 11) is 0. The normalized spacial score (nSPS) is 13.0. The Labute approximate surface area is 74.2 Å². The lowest BCUT2D eigenvalue weighted by Gasteiger charge is -2.04. The number of aliphatic hydroxyl groups excluding tert-OH is 1. The second kappa shape index (κ2) is 3.34. The molecule has 1 rings (SSSR count). The highest BCUT2D eigenvalue weighted by molar-refractivity contribution is 7.15. The predicted molar refractivity (Wildman–Crippen MR) is 46.9 cm³/mol. The van der Waals surface area contributed by atoms with Crippen LogP contribution < -0.4 is 0 Å². The second-order valence-electron chi connectivity index (χ2n) is 2.25. The van der Waals surface area contributed by atoms with Crippen molar-refractivity contribution >= 4 is 22.9 Å². The van der Waals surface area contributed by atoms with Crippen LogP contribution >= 0.6 is 22.9 Å². The lowest BCUT2D eigenvalue weighted by molar-refractivity contribution is 0.216. The van der Waals surface area contributed by atoms with Gasteiger partial charge in [0.15, 0.2) is 0 Å². The fourth-order valence-corrected chi connectivity index (χ4v) is 1.61. The van der Waals surface area contributed by atoms with Crippen LogP contribution in [0.2, 0.25) is 4.34 Å². The molecule has 1 N–H and O–H groups in total. The SMILES string of the molecule is C=C(C)C(O)c1ncc(Cl)s1. The Balaban J connectivity index is 2.84. The Hall–Kier alpha value is -0.380. The van der Waals surface area contributed by atoms with Gasteiger partial charge in [-0.15, -0.1) is 11.3 Å². The smallest absolute Gasteiger partial charge is 0.127 e. The number of halogens is 1. The van der Waals surface area contributed by atoms with E-state index in [1.54, 1.807) is 6.92 Å². The molecule has 1 unspecified atom stereocenters. The zero-order valence-electron chi connectivity index (χ0n) is 6.04. The van der Waals surface area contributed by atoms with E-state index in [1.807, 2.05) is 0 Å². The molecular weight excluding hydrogens is 182 g/mol. The first kappa shape index (κ1) is 8.71. The van der Waals surface area contributed by atoms with Crippen LogP contribution in [0.25, 0.3) is 0 Å². The molecule has 0 saturated carbocycles. The topological polar surface area (TPSA) is 33.1 Å². The van der Waals surface area contributed by atoms with E-state index >= 15 is 0 Å². The molecule has 1 atom stereocenters. The predicted octanol–water partition coefficient (Wildman–Crippen LogP) is 2.41. The molecular formula is C7H8ClNOS. The van der Waals surface area contributed by atoms with Crippen LogP contribution in [0.5, 0.6) is 0 Å². The van der Waals surface area contributed by atoms with E-state index in [2.05, 4.69) is 11.6 Å². The molecule has 0 fully saturated rings. The maximum absolute atomic E-state index is 9.40. The van der Waals surface area contributed by atoms with Crippen molar-refractivity contribution in [2.75, 3.05) is 0 Å². The Bertz CT molecular complexity index is 271. The Morgan fingerprint density at radius 1 is 1.91 bits per heavy atom. The van der Waals surface area contributed by atoms with Gasteiger partial charge in [0, 0.05) is 0 Å². The summed E-state index contributed by atoms with van der Waals surface area (Å²) >= 11 is 6.89. The first-order valence-electron chi connectivity index (χ1n) is 3.06. The molecule has 60 valence electrons. The average molecular weight is 190 g/mol. The zero-order valence-corrected chi connectivity index (χ0v) is 7.61. The van der Waals surface area contributed by atoms with Crippen molar-refractivity contribution in [1.82, 2.24) is 4.98 Å². The minimum absolute atomic E-state index is 0.584. The Morgan fingerprint density at radius 2 is 2.55 bits per heavy atom. The number of rotatable bonds is 2. The third-order valence-electron chi connectivity index (χ3n) is 1.20. The summed E-state index contributed by atoms with van der Waals surface area (Å²) in [5.41, 5.74) is 0.677. The molecule has 0 aliphatic rings. The van der Waals surface area contributed by atoms with Gasteiger partial charge in [0.1, 0.15) is 15.4 Å². The molecule has 4 heteroatoms. The molecule has 11 heavy (non-hydrogen) atoms. The molecule has 0 spiro atoms. The van der Waals surface area contributed by atoms with Crippen molar-refractivity contribution in [3.63, 3.8) is 0 Å². The van der Waals surface area contributed by atoms with Gasteiger partial charge in [-0.05, 0) is 12.5 Å². The van der Waals surface area contributed by atoms with E-state index in [0.29, 0.717) is 14.9 Å². The monoisotopic (exact) mass is 189 g/mol. The Kier molecular flexibility index (Phi) is 2.65. The summed E-state index contributed by atoms with van der Waals surface area (Å²) < 4.78 is 0.584. The molecule has 0 aliphatic carbocycles. The van der Waals surface area contributed by atoms with Crippen molar-refractivity contribution in [1.29, 1.82) is 0 Å². The molecule has 0 aromatic carbocycles. The van der Waals surface area contributed by atoms with E-state index in [9.17, 15) is 5.11 Å². The van der Waals surface area contributed by atoms with Crippen LogP contribution in [0, 0.1) is 0 Å². The van der Waals surface area contributed by atoms with E-state index < -0.39 is 6.10 Å². The maximum Gasteiger partial charge on any atom is 0.127 e. The third kappa shape index (κ3) is 2.02. The first-order chi connectivity index (χ1) is 5.11. The summed E-state index contributed by atoms with van der Waals surface area (Å²) in [5, 5.41) is 10.0. The van der Waals surface area contributed by atoms with Crippen LogP contribution in [0.4, 0.5) is 0 Å². The van der Waals surface area contributed by atoms with Crippen LogP contribution in [-0.2, 0) is 0 Å². The summed E-state index contributed by atoms with van der Waals surface area (Å²) in [6, 6.07) is 0. The molecule has 0 aliphatic heterocycles. The van der Waals surface area contributed by atoms with E-state index in [-0.39, 0.29) is 0 Å². The molecule has 1 aromatic rings. The number of thiazole rings is 1. The van der Waals surface area contributed by atoms with Crippen LogP contribution in [0.1, 0.15) is 18.0 Å². The fourth-order valence-electron chi connectivity index (χ4n) is 0.604. The zero-order chi connectivity index (χ0) is 8.43. The van der Waals surface area contributed by atoms with E-state index in [4.69, 9.17) is 11.6 Å². The van der Waals surface area contributed by atoms with Gasteiger partial charge in [0.05, 0.1) is 6.20 Å². The number of aliphatic hydroxyl groups is 1. The van der Waals surface area contributed by atoms with Crippen molar-refractivity contribution in [3.05, 3.63) is 27.7 Å². The van der Waals surface area contributed by atoms with Crippen molar-refractivity contribution in [3.8, 4) is 0 Å². The largest absolute Gasteiger partial charge is 0.382 e. The Morgan fingerprint density at radius 3 is 2.91 bits per heavy atom. The van der Waals surface area contributed by atoms with Gasteiger partial charge >= 0.3 is 0 Å². The molecule has 2 nitrogen and oxygen atoms in total. The van der Waals surface area contributed by atoms with Crippen molar-refractivity contribution < 1.29 is 5.11 Å². The van der Waals surface area contributed by atoms with Crippen LogP contribution in [0.15, 0.2) is 18.3 Å². The van der Waals surface area contributed by atoms with Gasteiger partial charge in [-0.2, -0.15) is 0 Å². The highest BCUT2D eigenvalue weighted by Crippen LogP contribution is 2.26. The first-order valence-corrected chi connectivity index (χ1v) is 4.25. The van der Waals surface area contributed by atoms with E-state index in [0.717, 1.165) is 0 Å². The minimum Gasteiger partial charge on any atom is -0.382 e. The molecule has 0 radical (unpaired) electrons. The summed E-state index contributed by atoms with van der Waals surface area (Å²) in [6.07, 6.45) is 0.848. The van der Waals surface area contributed by atoms with E-state index in [1.165, 1.54) is 17.5 Å². The quantitative estimate of drug-likeness (QED) is 0.725. The lowest BCUT2D eigenvalue weighted by atomic mass is 10.2. The maximum atomic E-state index is 9.40. The van der Waals surface area contributed by atoms with Gasteiger partial charge in [-0.1, -0.05) is 18.2 Å². The summed E-state index contributed by atoms with van der Waals surface area (Å²) in [5.74, 6) is 0. The lowest BCUT2D eigenvalue weighted by Crippen LogP contribution is -1.95. The number of nitrogens with zero attached hydrogens (tertiary/aromatic N) is 1. The fraction of sp³-hybridized carbons (Fsp3) is 0.286. The van der Waals surface area contributed by atoms with Crippen LogP contribution in [0.3, 0.4) is 0 Å². The third-order valence-corrected chi connectivity index (χ3v) is 2.36. The minimum atomic E-state index is -0.674. The summed E-state index contributed by atoms with van der Waals surface area (Å²) in [6.45, 7) is 5.36. The van der Waals surface area contributed by atoms with Crippen LogP contribution in [-0.4, -0.2) is 10.1 Å². The van der Waals surface area contributed by atoms with Crippen molar-refractivity contribution in [2.45, 2.75) is 13.0 Å². The molecule has 1 heterocycles. The summed E-state index contributed by atoms with van der Waals surface area (Å²) in [4.78, 5) is 3.91. The second-order valence-corrected chi connectivity index (χ2v) is 3.95. The number of aromatic nitrogens is 1. The van der Waals surface area contributed by atoms with Gasteiger partial charge in [-0.25, -0.2) is 4.98 Å². The standard InChI is InChI=1S/C7H8ClNOS/c1-4(2)6(10)7-9-3-5(8)11-7/h3,6,10H,1H2,2H3. The van der Waals surface area contributed by atoms with Gasteiger partial charge in [-0.3, -0.25) is 0 Å².